The summed E-state index contributed by atoms with van der Waals surface area (Å²) in [6, 6.07) is 9.49. The lowest BCUT2D eigenvalue weighted by Crippen LogP contribution is -2.34. The summed E-state index contributed by atoms with van der Waals surface area (Å²) in [6.45, 7) is 0.803. The van der Waals surface area contributed by atoms with E-state index in [1.807, 2.05) is 17.0 Å². The highest BCUT2D eigenvalue weighted by Gasteiger charge is 2.33. The average molecular weight is 399 g/mol. The predicted molar refractivity (Wildman–Crippen MR) is 106 cm³/mol. The van der Waals surface area contributed by atoms with Crippen LogP contribution in [0.5, 0.6) is 28.7 Å². The van der Waals surface area contributed by atoms with E-state index in [4.69, 9.17) is 23.7 Å². The van der Waals surface area contributed by atoms with E-state index >= 15 is 0 Å². The molecule has 7 heteroatoms. The molecule has 0 N–H and O–H groups in total. The second kappa shape index (κ2) is 8.11. The third-order valence-corrected chi connectivity index (χ3v) is 5.23. The van der Waals surface area contributed by atoms with Crippen LogP contribution in [0.1, 0.15) is 28.8 Å². The molecule has 0 atom stereocenters. The predicted octanol–water partition coefficient (Wildman–Crippen LogP) is 3.29. The van der Waals surface area contributed by atoms with Crippen molar-refractivity contribution in [3.05, 3.63) is 41.5 Å². The van der Waals surface area contributed by atoms with Crippen LogP contribution in [0, 0.1) is 0 Å². The van der Waals surface area contributed by atoms with E-state index in [0.717, 1.165) is 18.4 Å². The first-order chi connectivity index (χ1) is 14.1. The smallest absolute Gasteiger partial charge is 0.254 e. The molecule has 2 aromatic carbocycles. The number of ether oxygens (including phenoxy) is 5. The molecule has 1 aliphatic heterocycles. The fraction of sp³-hybridized carbons (Fsp3) is 0.409. The molecule has 0 radical (unpaired) electrons. The third-order valence-electron chi connectivity index (χ3n) is 5.23. The van der Waals surface area contributed by atoms with Crippen molar-refractivity contribution in [2.24, 2.45) is 0 Å². The van der Waals surface area contributed by atoms with Crippen molar-refractivity contribution in [3.8, 4) is 28.7 Å². The molecule has 29 heavy (non-hydrogen) atoms. The summed E-state index contributed by atoms with van der Waals surface area (Å²) in [5.41, 5.74) is 1.63. The van der Waals surface area contributed by atoms with Gasteiger partial charge in [0.2, 0.25) is 12.5 Å². The van der Waals surface area contributed by atoms with E-state index in [1.165, 1.54) is 0 Å². The van der Waals surface area contributed by atoms with Gasteiger partial charge in [-0.05, 0) is 55.2 Å². The summed E-state index contributed by atoms with van der Waals surface area (Å²) in [6.07, 6.45) is 2.75. The maximum atomic E-state index is 13.2. The Morgan fingerprint density at radius 2 is 1.69 bits per heavy atom. The molecule has 0 bridgehead atoms. The Labute approximate surface area is 170 Å². The van der Waals surface area contributed by atoms with Crippen molar-refractivity contribution < 1.29 is 28.5 Å². The third kappa shape index (κ3) is 3.90. The highest BCUT2D eigenvalue weighted by Crippen LogP contribution is 2.39. The zero-order valence-electron chi connectivity index (χ0n) is 16.9. The maximum Gasteiger partial charge on any atom is 0.254 e. The van der Waals surface area contributed by atoms with Gasteiger partial charge in [-0.3, -0.25) is 4.79 Å². The molecule has 2 aliphatic rings. The number of benzene rings is 2. The molecule has 1 aliphatic carbocycles. The summed E-state index contributed by atoms with van der Waals surface area (Å²) in [4.78, 5) is 15.1. The molecule has 1 heterocycles. The Kier molecular flexibility index (Phi) is 5.38. The summed E-state index contributed by atoms with van der Waals surface area (Å²) in [7, 11) is 4.78. The topological polar surface area (TPSA) is 66.5 Å². The Hall–Kier alpha value is -3.09. The second-order valence-corrected chi connectivity index (χ2v) is 7.08. The standard InChI is InChI=1S/C22H25NO6/c1-25-19-10-14(11-20(26-2)21(19)27-3)8-9-23(16-5-6-16)22(24)15-4-7-17-18(12-15)29-13-28-17/h4,7,10-12,16H,5-6,8-9,13H2,1-3H3. The molecule has 1 saturated carbocycles. The summed E-state index contributed by atoms with van der Waals surface area (Å²) >= 11 is 0. The molecule has 4 rings (SSSR count). The van der Waals surface area contributed by atoms with E-state index in [2.05, 4.69) is 0 Å². The molecular weight excluding hydrogens is 374 g/mol. The monoisotopic (exact) mass is 399 g/mol. The highest BCUT2D eigenvalue weighted by molar-refractivity contribution is 5.95. The van der Waals surface area contributed by atoms with Crippen LogP contribution in [0.15, 0.2) is 30.3 Å². The van der Waals surface area contributed by atoms with Gasteiger partial charge in [-0.2, -0.15) is 0 Å². The average Bonchev–Trinajstić information content (AvgIpc) is 3.48. The minimum Gasteiger partial charge on any atom is -0.493 e. The fourth-order valence-corrected chi connectivity index (χ4v) is 3.56. The van der Waals surface area contributed by atoms with Crippen LogP contribution >= 0.6 is 0 Å². The number of fused-ring (bicyclic) bond motifs is 1. The molecule has 7 nitrogen and oxygen atoms in total. The molecule has 0 aromatic heterocycles. The van der Waals surface area contributed by atoms with Crippen LogP contribution in [0.25, 0.3) is 0 Å². The number of carbonyl (C=O) groups is 1. The molecular formula is C22H25NO6. The van der Waals surface area contributed by atoms with Crippen molar-refractivity contribution in [3.63, 3.8) is 0 Å². The van der Waals surface area contributed by atoms with Crippen LogP contribution in [0.4, 0.5) is 0 Å². The fourth-order valence-electron chi connectivity index (χ4n) is 3.56. The first kappa shape index (κ1) is 19.2. The van der Waals surface area contributed by atoms with Crippen molar-refractivity contribution >= 4 is 5.91 Å². The van der Waals surface area contributed by atoms with Gasteiger partial charge in [-0.15, -0.1) is 0 Å². The van der Waals surface area contributed by atoms with Gasteiger partial charge in [0.15, 0.2) is 23.0 Å². The number of amides is 1. The summed E-state index contributed by atoms with van der Waals surface area (Å²) < 4.78 is 27.0. The Morgan fingerprint density at radius 3 is 2.31 bits per heavy atom. The van der Waals surface area contributed by atoms with Crippen LogP contribution in [-0.2, 0) is 6.42 Å². The normalized spacial score (nSPS) is 14.4. The molecule has 0 spiro atoms. The minimum atomic E-state index is 0.0123. The highest BCUT2D eigenvalue weighted by atomic mass is 16.7. The molecule has 0 unspecified atom stereocenters. The first-order valence-electron chi connectivity index (χ1n) is 9.64. The van der Waals surface area contributed by atoms with Gasteiger partial charge in [-0.25, -0.2) is 0 Å². The largest absolute Gasteiger partial charge is 0.493 e. The molecule has 2 aromatic rings. The number of hydrogen-bond acceptors (Lipinski definition) is 6. The van der Waals surface area contributed by atoms with Crippen LogP contribution < -0.4 is 23.7 Å². The zero-order chi connectivity index (χ0) is 20.4. The minimum absolute atomic E-state index is 0.0123. The quantitative estimate of drug-likeness (QED) is 0.679. The van der Waals surface area contributed by atoms with Gasteiger partial charge in [-0.1, -0.05) is 0 Å². The van der Waals surface area contributed by atoms with Crippen LogP contribution in [-0.4, -0.2) is 51.5 Å². The van der Waals surface area contributed by atoms with E-state index in [-0.39, 0.29) is 18.7 Å². The van der Waals surface area contributed by atoms with Crippen molar-refractivity contribution in [2.45, 2.75) is 25.3 Å². The summed E-state index contributed by atoms with van der Waals surface area (Å²) in [5, 5.41) is 0. The lowest BCUT2D eigenvalue weighted by molar-refractivity contribution is 0.0744. The van der Waals surface area contributed by atoms with Gasteiger partial charge < -0.3 is 28.6 Å². The van der Waals surface area contributed by atoms with E-state index in [1.54, 1.807) is 39.5 Å². The number of rotatable bonds is 8. The number of nitrogens with zero attached hydrogens (tertiary/aromatic N) is 1. The SMILES string of the molecule is COc1cc(CCN(C(=O)c2ccc3c(c2)OCO3)C2CC2)cc(OC)c1OC. The summed E-state index contributed by atoms with van der Waals surface area (Å²) in [5.74, 6) is 3.10. The number of hydrogen-bond donors (Lipinski definition) is 0. The van der Waals surface area contributed by atoms with Crippen LogP contribution in [0.3, 0.4) is 0 Å². The van der Waals surface area contributed by atoms with Gasteiger partial charge in [0.25, 0.3) is 5.91 Å². The van der Waals surface area contributed by atoms with E-state index < -0.39 is 0 Å². The van der Waals surface area contributed by atoms with E-state index in [0.29, 0.717) is 47.3 Å². The number of carbonyl (C=O) groups excluding carboxylic acids is 1. The Bertz CT molecular complexity index is 883. The maximum absolute atomic E-state index is 13.2. The van der Waals surface area contributed by atoms with Gasteiger partial charge in [0.05, 0.1) is 21.3 Å². The second-order valence-electron chi connectivity index (χ2n) is 7.08. The van der Waals surface area contributed by atoms with Gasteiger partial charge in [0.1, 0.15) is 0 Å². The van der Waals surface area contributed by atoms with Gasteiger partial charge >= 0.3 is 0 Å². The van der Waals surface area contributed by atoms with Crippen LogP contribution in [0.2, 0.25) is 0 Å². The number of methoxy groups -OCH3 is 3. The van der Waals surface area contributed by atoms with Crippen molar-refractivity contribution in [2.75, 3.05) is 34.7 Å². The first-order valence-corrected chi connectivity index (χ1v) is 9.64. The van der Waals surface area contributed by atoms with Gasteiger partial charge in [0, 0.05) is 18.2 Å². The molecule has 1 amide bonds. The Morgan fingerprint density at radius 1 is 1.00 bits per heavy atom. The lowest BCUT2D eigenvalue weighted by atomic mass is 10.1. The van der Waals surface area contributed by atoms with Crippen molar-refractivity contribution in [1.29, 1.82) is 0 Å². The van der Waals surface area contributed by atoms with Crippen molar-refractivity contribution in [1.82, 2.24) is 4.90 Å². The molecule has 154 valence electrons. The Balaban J connectivity index is 1.52. The zero-order valence-corrected chi connectivity index (χ0v) is 16.9. The van der Waals surface area contributed by atoms with E-state index in [9.17, 15) is 4.79 Å². The molecule has 1 fully saturated rings. The molecule has 0 saturated heterocycles. The lowest BCUT2D eigenvalue weighted by Gasteiger charge is -2.23.